The van der Waals surface area contributed by atoms with Crippen molar-refractivity contribution < 1.29 is 47.4 Å². The Labute approximate surface area is 383 Å². The van der Waals surface area contributed by atoms with Crippen molar-refractivity contribution in [3.05, 3.63) is 215 Å². The third-order valence-electron chi connectivity index (χ3n) is 11.6. The van der Waals surface area contributed by atoms with Crippen LogP contribution in [0.25, 0.3) is 0 Å². The van der Waals surface area contributed by atoms with Gasteiger partial charge in [0.25, 0.3) is 0 Å². The maximum atomic E-state index is 6.84. The molecule has 9 atom stereocenters. The molecule has 10 heteroatoms. The summed E-state index contributed by atoms with van der Waals surface area (Å²) in [6, 6.07) is 60.6. The van der Waals surface area contributed by atoms with E-state index in [-0.39, 0.29) is 13.2 Å². The number of hydrogen-bond donors (Lipinski definition) is 0. The summed E-state index contributed by atoms with van der Waals surface area (Å²) >= 11 is 0. The predicted molar refractivity (Wildman–Crippen MR) is 246 cm³/mol. The normalized spacial score (nSPS) is 24.4. The molecule has 0 amide bonds. The molecule has 2 aliphatic heterocycles. The first-order valence-electron chi connectivity index (χ1n) is 22.5. The van der Waals surface area contributed by atoms with Crippen molar-refractivity contribution in [2.24, 2.45) is 0 Å². The Kier molecular flexibility index (Phi) is 17.9. The van der Waals surface area contributed by atoms with Gasteiger partial charge in [-0.2, -0.15) is 0 Å². The van der Waals surface area contributed by atoms with Gasteiger partial charge in [-0.05, 0) is 33.4 Å². The second-order valence-corrected chi connectivity index (χ2v) is 16.3. The van der Waals surface area contributed by atoms with E-state index in [0.717, 1.165) is 33.4 Å². The number of benzene rings is 6. The molecule has 0 spiro atoms. The molecule has 6 aromatic rings. The minimum Gasteiger partial charge on any atom is -0.374 e. The molecule has 8 rings (SSSR count). The molecule has 0 radical (unpaired) electrons. The average molecular weight is 881 g/mol. The zero-order valence-electron chi connectivity index (χ0n) is 37.0. The van der Waals surface area contributed by atoms with E-state index in [1.807, 2.05) is 158 Å². The smallest absolute Gasteiger partial charge is 0.186 e. The summed E-state index contributed by atoms with van der Waals surface area (Å²) in [6.07, 6.45) is -5.02. The van der Waals surface area contributed by atoms with Crippen molar-refractivity contribution in [1.82, 2.24) is 0 Å². The minimum atomic E-state index is -0.797. The lowest BCUT2D eigenvalue weighted by molar-refractivity contribution is -0.334. The summed E-state index contributed by atoms with van der Waals surface area (Å²) in [5, 5.41) is 0. The first-order valence-corrected chi connectivity index (χ1v) is 22.5. The van der Waals surface area contributed by atoms with E-state index in [1.165, 1.54) is 0 Å². The third-order valence-corrected chi connectivity index (χ3v) is 11.6. The van der Waals surface area contributed by atoms with Crippen LogP contribution in [-0.4, -0.2) is 75.6 Å². The van der Waals surface area contributed by atoms with Gasteiger partial charge < -0.3 is 47.4 Å². The van der Waals surface area contributed by atoms with E-state index in [4.69, 9.17) is 47.4 Å². The molecule has 2 saturated heterocycles. The van der Waals surface area contributed by atoms with E-state index in [0.29, 0.717) is 46.1 Å². The summed E-state index contributed by atoms with van der Waals surface area (Å²) in [4.78, 5) is 0. The molecule has 340 valence electrons. The molecule has 0 saturated carbocycles. The highest BCUT2D eigenvalue weighted by Gasteiger charge is 2.50. The quantitative estimate of drug-likeness (QED) is 0.0620. The largest absolute Gasteiger partial charge is 0.374 e. The van der Waals surface area contributed by atoms with Crippen LogP contribution in [0.3, 0.4) is 0 Å². The van der Waals surface area contributed by atoms with E-state index in [1.54, 1.807) is 7.11 Å². The summed E-state index contributed by atoms with van der Waals surface area (Å²) < 4.78 is 66.6. The highest BCUT2D eigenvalue weighted by atomic mass is 16.7. The van der Waals surface area contributed by atoms with Gasteiger partial charge in [0.15, 0.2) is 12.6 Å². The fourth-order valence-electron chi connectivity index (χ4n) is 8.19. The summed E-state index contributed by atoms with van der Waals surface area (Å²) in [7, 11) is 1.62. The van der Waals surface area contributed by atoms with Gasteiger partial charge in [0.05, 0.1) is 59.0 Å². The lowest BCUT2D eigenvalue weighted by Gasteiger charge is -2.46. The first-order chi connectivity index (χ1) is 32.2. The Hall–Kier alpha value is -5.08. The molecule has 10 nitrogen and oxygen atoms in total. The molecule has 0 N–H and O–H groups in total. The Morgan fingerprint density at radius 3 is 1.18 bits per heavy atom. The Morgan fingerprint density at radius 2 is 0.738 bits per heavy atom. The molecular weight excluding hydrogens is 821 g/mol. The van der Waals surface area contributed by atoms with E-state index in [9.17, 15) is 0 Å². The molecule has 0 aliphatic carbocycles. The van der Waals surface area contributed by atoms with Gasteiger partial charge in [0.2, 0.25) is 0 Å². The number of methoxy groups -OCH3 is 1. The highest BCUT2D eigenvalue weighted by Crippen LogP contribution is 2.33. The second kappa shape index (κ2) is 25.0. The van der Waals surface area contributed by atoms with Crippen molar-refractivity contribution in [3.8, 4) is 0 Å². The molecule has 2 aliphatic rings. The molecule has 0 bridgehead atoms. The number of ether oxygens (including phenoxy) is 10. The van der Waals surface area contributed by atoms with Crippen molar-refractivity contribution >= 4 is 0 Å². The van der Waals surface area contributed by atoms with Gasteiger partial charge in [-0.25, -0.2) is 0 Å². The Morgan fingerprint density at radius 1 is 0.369 bits per heavy atom. The van der Waals surface area contributed by atoms with Gasteiger partial charge in [0, 0.05) is 13.5 Å². The highest BCUT2D eigenvalue weighted by molar-refractivity contribution is 5.18. The third kappa shape index (κ3) is 14.0. The molecule has 2 fully saturated rings. The van der Waals surface area contributed by atoms with Gasteiger partial charge in [-0.1, -0.05) is 182 Å². The lowest BCUT2D eigenvalue weighted by atomic mass is 9.97. The van der Waals surface area contributed by atoms with Crippen LogP contribution in [0.5, 0.6) is 0 Å². The first kappa shape index (κ1) is 46.4. The number of hydrogen-bond acceptors (Lipinski definition) is 10. The average Bonchev–Trinajstić information content (AvgIpc) is 3.37. The molecule has 0 aromatic heterocycles. The van der Waals surface area contributed by atoms with Crippen LogP contribution < -0.4 is 0 Å². The minimum absolute atomic E-state index is 0.0964. The SMILES string of the molecule is CO[C@@H]1O[C@H](CO[C@H]2C[C@@H](OCc3ccccc3)[C@H](OCc3ccccc3)[C@@H](COCc3ccccc3)O2)[C@@H](OCc2ccccc2)[C@H](OCc2ccccc2)[C@H]1OCc1ccccc1. The summed E-state index contributed by atoms with van der Waals surface area (Å²) in [6.45, 7) is 2.51. The van der Waals surface area contributed by atoms with Crippen molar-refractivity contribution in [1.29, 1.82) is 0 Å². The fourth-order valence-corrected chi connectivity index (χ4v) is 8.19. The van der Waals surface area contributed by atoms with Crippen molar-refractivity contribution in [3.63, 3.8) is 0 Å². The zero-order valence-corrected chi connectivity index (χ0v) is 37.0. The van der Waals surface area contributed by atoms with E-state index >= 15 is 0 Å². The monoisotopic (exact) mass is 880 g/mol. The predicted octanol–water partition coefficient (Wildman–Crippen LogP) is 9.63. The molecular formula is C55H60O10. The van der Waals surface area contributed by atoms with Gasteiger partial charge in [0.1, 0.15) is 36.6 Å². The van der Waals surface area contributed by atoms with Crippen LogP contribution in [-0.2, 0) is 87.0 Å². The summed E-state index contributed by atoms with van der Waals surface area (Å²) in [5.41, 5.74) is 6.22. The zero-order chi connectivity index (χ0) is 44.3. The maximum absolute atomic E-state index is 6.84. The summed E-state index contributed by atoms with van der Waals surface area (Å²) in [5.74, 6) is 0. The van der Waals surface area contributed by atoms with Gasteiger partial charge >= 0.3 is 0 Å². The molecule has 65 heavy (non-hydrogen) atoms. The van der Waals surface area contributed by atoms with Crippen LogP contribution in [0, 0.1) is 0 Å². The van der Waals surface area contributed by atoms with Crippen LogP contribution in [0.15, 0.2) is 182 Å². The maximum Gasteiger partial charge on any atom is 0.186 e. The van der Waals surface area contributed by atoms with Crippen LogP contribution >= 0.6 is 0 Å². The second-order valence-electron chi connectivity index (χ2n) is 16.3. The Bertz CT molecular complexity index is 2190. The van der Waals surface area contributed by atoms with Crippen molar-refractivity contribution in [2.75, 3.05) is 20.3 Å². The molecule has 0 unspecified atom stereocenters. The standard InChI is InChI=1S/C55H60O10/c1-56-55-54(63-38-46-30-18-7-19-31-46)53(62-37-45-28-16-6-17-29-45)52(61-36-44-26-14-5-15-27-44)49(65-55)40-59-50-32-47(58-34-42-22-10-3-11-23-42)51(60-35-43-24-12-4-13-25-43)48(64-50)39-57-33-41-20-8-2-9-21-41/h2-31,47-55H,32-40H2,1H3/t47-,48-,49-,50-,51+,52-,53+,54-,55-/m1/s1. The Balaban J connectivity index is 1.05. The topological polar surface area (TPSA) is 92.3 Å². The van der Waals surface area contributed by atoms with Gasteiger partial charge in [-0.3, -0.25) is 0 Å². The fraction of sp³-hybridized carbons (Fsp3) is 0.345. The van der Waals surface area contributed by atoms with Gasteiger partial charge in [-0.15, -0.1) is 0 Å². The van der Waals surface area contributed by atoms with Crippen molar-refractivity contribution in [2.45, 2.75) is 101 Å². The van der Waals surface area contributed by atoms with Crippen LogP contribution in [0.4, 0.5) is 0 Å². The molecule has 2 heterocycles. The van der Waals surface area contributed by atoms with Crippen LogP contribution in [0.2, 0.25) is 0 Å². The van der Waals surface area contributed by atoms with E-state index < -0.39 is 55.3 Å². The van der Waals surface area contributed by atoms with E-state index in [2.05, 4.69) is 24.3 Å². The molecule has 6 aromatic carbocycles. The van der Waals surface area contributed by atoms with Crippen LogP contribution in [0.1, 0.15) is 39.8 Å². The number of rotatable bonds is 23. The lowest BCUT2D eigenvalue weighted by Crippen LogP contribution is -2.62.